The minimum absolute atomic E-state index is 0.0871. The van der Waals surface area contributed by atoms with Gasteiger partial charge in [-0.3, -0.25) is 9.59 Å². The fourth-order valence-corrected chi connectivity index (χ4v) is 2.59. The molecule has 158 valence electrons. The molecule has 0 fully saturated rings. The van der Waals surface area contributed by atoms with Crippen molar-refractivity contribution in [3.05, 3.63) is 58.6 Å². The number of ketones is 1. The van der Waals surface area contributed by atoms with Gasteiger partial charge in [-0.05, 0) is 49.4 Å². The van der Waals surface area contributed by atoms with E-state index in [0.717, 1.165) is 0 Å². The highest BCUT2D eigenvalue weighted by atomic mass is 35.5. The zero-order chi connectivity index (χ0) is 22.1. The van der Waals surface area contributed by atoms with Crippen molar-refractivity contribution >= 4 is 46.5 Å². The van der Waals surface area contributed by atoms with Crippen LogP contribution in [-0.2, 0) is 14.3 Å². The van der Waals surface area contributed by atoms with Crippen LogP contribution < -0.4 is 10.1 Å². The Morgan fingerprint density at radius 2 is 1.83 bits per heavy atom. The molecule has 2 aromatic rings. The molecule has 2 rings (SSSR count). The van der Waals surface area contributed by atoms with Crippen LogP contribution in [0.2, 0.25) is 5.02 Å². The molecule has 8 nitrogen and oxygen atoms in total. The SMILES string of the molecule is CCOC(=O)C(N=Nc1ccc(Cl)cc1C(=O)c1ccc(OC)cc1)NC(=O)CCl. The van der Waals surface area contributed by atoms with Gasteiger partial charge in [0.1, 0.15) is 11.6 Å². The second-order valence-corrected chi connectivity index (χ2v) is 6.49. The van der Waals surface area contributed by atoms with E-state index in [1.165, 1.54) is 25.3 Å². The number of rotatable bonds is 9. The predicted molar refractivity (Wildman–Crippen MR) is 112 cm³/mol. The first-order chi connectivity index (χ1) is 14.4. The van der Waals surface area contributed by atoms with Gasteiger partial charge in [-0.15, -0.1) is 11.6 Å². The number of halogens is 2. The number of benzene rings is 2. The van der Waals surface area contributed by atoms with Gasteiger partial charge in [0.15, 0.2) is 5.78 Å². The predicted octanol–water partition coefficient (Wildman–Crippen LogP) is 3.91. The Kier molecular flexibility index (Phi) is 8.76. The molecule has 0 aromatic heterocycles. The summed E-state index contributed by atoms with van der Waals surface area (Å²) in [7, 11) is 1.52. The van der Waals surface area contributed by atoms with Gasteiger partial charge < -0.3 is 14.8 Å². The Morgan fingerprint density at radius 3 is 2.43 bits per heavy atom. The zero-order valence-electron chi connectivity index (χ0n) is 16.2. The number of amides is 1. The van der Waals surface area contributed by atoms with Gasteiger partial charge >= 0.3 is 5.97 Å². The van der Waals surface area contributed by atoms with Crippen LogP contribution in [0.3, 0.4) is 0 Å². The first-order valence-electron chi connectivity index (χ1n) is 8.80. The first-order valence-corrected chi connectivity index (χ1v) is 9.72. The van der Waals surface area contributed by atoms with E-state index in [9.17, 15) is 14.4 Å². The molecule has 1 N–H and O–H groups in total. The van der Waals surface area contributed by atoms with Crippen LogP contribution in [0.4, 0.5) is 5.69 Å². The number of hydrogen-bond donors (Lipinski definition) is 1. The van der Waals surface area contributed by atoms with Crippen molar-refractivity contribution in [3.63, 3.8) is 0 Å². The van der Waals surface area contributed by atoms with Gasteiger partial charge in [0.05, 0.1) is 25.0 Å². The van der Waals surface area contributed by atoms with E-state index in [1.807, 2.05) is 0 Å². The average Bonchev–Trinajstić information content (AvgIpc) is 2.76. The lowest BCUT2D eigenvalue weighted by Gasteiger charge is -2.12. The summed E-state index contributed by atoms with van der Waals surface area (Å²) < 4.78 is 9.97. The van der Waals surface area contributed by atoms with Gasteiger partial charge in [-0.25, -0.2) is 4.79 Å². The third-order valence-corrected chi connectivity index (χ3v) is 4.24. The van der Waals surface area contributed by atoms with E-state index in [-0.39, 0.29) is 29.5 Å². The standard InChI is InChI=1S/C20H19Cl2N3O5/c1-3-30-20(28)19(23-17(26)11-21)25-24-16-9-6-13(22)10-15(16)18(27)12-4-7-14(29-2)8-5-12/h4-10,19H,3,11H2,1-2H3,(H,23,26). The Labute approximate surface area is 183 Å². The summed E-state index contributed by atoms with van der Waals surface area (Å²) in [4.78, 5) is 36.5. The molecule has 1 atom stereocenters. The number of alkyl halides is 1. The zero-order valence-corrected chi connectivity index (χ0v) is 17.7. The van der Waals surface area contributed by atoms with Crippen molar-refractivity contribution < 1.29 is 23.9 Å². The van der Waals surface area contributed by atoms with E-state index in [2.05, 4.69) is 15.5 Å². The molecule has 0 saturated carbocycles. The minimum Gasteiger partial charge on any atom is -0.497 e. The summed E-state index contributed by atoms with van der Waals surface area (Å²) in [6, 6.07) is 11.0. The number of methoxy groups -OCH3 is 1. The van der Waals surface area contributed by atoms with E-state index in [0.29, 0.717) is 16.3 Å². The molecule has 0 saturated heterocycles. The lowest BCUT2D eigenvalue weighted by Crippen LogP contribution is -2.40. The minimum atomic E-state index is -1.41. The monoisotopic (exact) mass is 451 g/mol. The second kappa shape index (κ2) is 11.3. The van der Waals surface area contributed by atoms with Gasteiger partial charge in [0.25, 0.3) is 0 Å². The number of hydrogen-bond acceptors (Lipinski definition) is 7. The average molecular weight is 452 g/mol. The fourth-order valence-electron chi connectivity index (χ4n) is 2.34. The number of esters is 1. The molecule has 1 unspecified atom stereocenters. The summed E-state index contributed by atoms with van der Waals surface area (Å²) in [5, 5.41) is 10.4. The second-order valence-electron chi connectivity index (χ2n) is 5.79. The highest BCUT2D eigenvalue weighted by molar-refractivity contribution is 6.31. The summed E-state index contributed by atoms with van der Waals surface area (Å²) in [6.45, 7) is 1.70. The molecule has 10 heteroatoms. The molecule has 0 aliphatic carbocycles. The van der Waals surface area contributed by atoms with Crippen LogP contribution in [0.5, 0.6) is 5.75 Å². The number of nitrogens with zero attached hydrogens (tertiary/aromatic N) is 2. The van der Waals surface area contributed by atoms with E-state index >= 15 is 0 Å². The van der Waals surface area contributed by atoms with Crippen molar-refractivity contribution in [2.24, 2.45) is 10.2 Å². The number of nitrogens with one attached hydrogen (secondary N) is 1. The van der Waals surface area contributed by atoms with Crippen molar-refractivity contribution in [1.82, 2.24) is 5.32 Å². The lowest BCUT2D eigenvalue weighted by molar-refractivity contribution is -0.147. The lowest BCUT2D eigenvalue weighted by atomic mass is 10.0. The molecular formula is C20H19Cl2N3O5. The van der Waals surface area contributed by atoms with Gasteiger partial charge in [0.2, 0.25) is 12.1 Å². The number of carbonyl (C=O) groups is 3. The number of ether oxygens (including phenoxy) is 2. The summed E-state index contributed by atoms with van der Waals surface area (Å²) in [6.07, 6.45) is -1.41. The molecule has 1 amide bonds. The van der Waals surface area contributed by atoms with E-state index in [1.54, 1.807) is 31.2 Å². The number of azo groups is 1. The molecule has 0 bridgehead atoms. The number of carbonyl (C=O) groups excluding carboxylic acids is 3. The smallest absolute Gasteiger partial charge is 0.353 e. The highest BCUT2D eigenvalue weighted by Gasteiger charge is 2.22. The largest absolute Gasteiger partial charge is 0.497 e. The molecular weight excluding hydrogens is 433 g/mol. The first kappa shape index (κ1) is 23.3. The third-order valence-electron chi connectivity index (χ3n) is 3.77. The van der Waals surface area contributed by atoms with Crippen LogP contribution >= 0.6 is 23.2 Å². The molecule has 30 heavy (non-hydrogen) atoms. The summed E-state index contributed by atoms with van der Waals surface area (Å²) in [5.74, 6) is -1.56. The molecule has 0 aliphatic heterocycles. The van der Waals surface area contributed by atoms with Crippen LogP contribution in [0.15, 0.2) is 52.7 Å². The maximum Gasteiger partial charge on any atom is 0.353 e. The van der Waals surface area contributed by atoms with Crippen molar-refractivity contribution in [2.45, 2.75) is 13.1 Å². The Bertz CT molecular complexity index is 948. The van der Waals surface area contributed by atoms with Crippen LogP contribution in [0.1, 0.15) is 22.8 Å². The Balaban J connectivity index is 2.36. The Morgan fingerprint density at radius 1 is 1.13 bits per heavy atom. The van der Waals surface area contributed by atoms with Crippen molar-refractivity contribution in [1.29, 1.82) is 0 Å². The van der Waals surface area contributed by atoms with Gasteiger partial charge in [-0.1, -0.05) is 11.6 Å². The molecule has 0 heterocycles. The molecule has 0 spiro atoms. The molecule has 0 radical (unpaired) electrons. The fraction of sp³-hybridized carbons (Fsp3) is 0.250. The molecule has 2 aromatic carbocycles. The maximum atomic E-state index is 12.9. The molecule has 0 aliphatic rings. The van der Waals surface area contributed by atoms with Gasteiger partial charge in [0, 0.05) is 10.6 Å². The third kappa shape index (κ3) is 6.27. The summed E-state index contributed by atoms with van der Waals surface area (Å²) in [5.41, 5.74) is 0.712. The van der Waals surface area contributed by atoms with Crippen LogP contribution in [-0.4, -0.2) is 43.4 Å². The van der Waals surface area contributed by atoms with Crippen molar-refractivity contribution in [3.8, 4) is 5.75 Å². The van der Waals surface area contributed by atoms with Crippen molar-refractivity contribution in [2.75, 3.05) is 19.6 Å². The maximum absolute atomic E-state index is 12.9. The Hall–Kier alpha value is -2.97. The quantitative estimate of drug-likeness (QED) is 0.269. The van der Waals surface area contributed by atoms with E-state index in [4.69, 9.17) is 32.7 Å². The van der Waals surface area contributed by atoms with Gasteiger partial charge in [-0.2, -0.15) is 10.2 Å². The van der Waals surface area contributed by atoms with Crippen LogP contribution in [0, 0.1) is 0 Å². The van der Waals surface area contributed by atoms with Crippen LogP contribution in [0.25, 0.3) is 0 Å². The topological polar surface area (TPSA) is 106 Å². The highest BCUT2D eigenvalue weighted by Crippen LogP contribution is 2.27. The normalized spacial score (nSPS) is 11.7. The van der Waals surface area contributed by atoms with E-state index < -0.39 is 18.0 Å². The summed E-state index contributed by atoms with van der Waals surface area (Å²) >= 11 is 11.5.